The molecule has 1 aliphatic carbocycles. The predicted octanol–water partition coefficient (Wildman–Crippen LogP) is 4.38. The second-order valence-electron chi connectivity index (χ2n) is 4.21. The molecule has 0 spiro atoms. The standard InChI is InChI=1S/C14H18/c1-2-12-7-6-10-14(11-12)13-8-4-3-5-9-13/h2,6-7,10-11,13H,1,3-5,8-9H2. The van der Waals surface area contributed by atoms with Crippen molar-refractivity contribution in [3.8, 4) is 0 Å². The first-order valence-electron chi connectivity index (χ1n) is 5.62. The average molecular weight is 186 g/mol. The molecule has 0 heteroatoms. The summed E-state index contributed by atoms with van der Waals surface area (Å²) in [6, 6.07) is 8.84. The van der Waals surface area contributed by atoms with Crippen LogP contribution in [0.3, 0.4) is 0 Å². The highest BCUT2D eigenvalue weighted by Gasteiger charge is 2.14. The monoisotopic (exact) mass is 186 g/mol. The lowest BCUT2D eigenvalue weighted by Crippen LogP contribution is -2.04. The van der Waals surface area contributed by atoms with E-state index in [4.69, 9.17) is 0 Å². The van der Waals surface area contributed by atoms with Crippen molar-refractivity contribution in [3.63, 3.8) is 0 Å². The van der Waals surface area contributed by atoms with Gasteiger partial charge in [-0.2, -0.15) is 0 Å². The van der Waals surface area contributed by atoms with E-state index in [1.54, 1.807) is 0 Å². The summed E-state index contributed by atoms with van der Waals surface area (Å²) in [7, 11) is 0. The Balaban J connectivity index is 2.17. The second kappa shape index (κ2) is 4.45. The lowest BCUT2D eigenvalue weighted by molar-refractivity contribution is 0.443. The second-order valence-corrected chi connectivity index (χ2v) is 4.21. The van der Waals surface area contributed by atoms with Gasteiger partial charge in [0, 0.05) is 0 Å². The van der Waals surface area contributed by atoms with Crippen LogP contribution in [0.2, 0.25) is 0 Å². The van der Waals surface area contributed by atoms with Crippen molar-refractivity contribution in [2.75, 3.05) is 0 Å². The van der Waals surface area contributed by atoms with Crippen molar-refractivity contribution in [3.05, 3.63) is 42.0 Å². The Labute approximate surface area is 86.7 Å². The lowest BCUT2D eigenvalue weighted by atomic mass is 9.84. The molecule has 0 aliphatic heterocycles. The van der Waals surface area contributed by atoms with E-state index >= 15 is 0 Å². The van der Waals surface area contributed by atoms with Crippen LogP contribution in [0.15, 0.2) is 30.8 Å². The summed E-state index contributed by atoms with van der Waals surface area (Å²) >= 11 is 0. The number of hydrogen-bond donors (Lipinski definition) is 0. The third kappa shape index (κ3) is 2.06. The molecule has 0 radical (unpaired) electrons. The Morgan fingerprint density at radius 2 is 1.93 bits per heavy atom. The molecular formula is C14H18. The summed E-state index contributed by atoms with van der Waals surface area (Å²) in [5.41, 5.74) is 2.77. The highest BCUT2D eigenvalue weighted by molar-refractivity contribution is 5.48. The van der Waals surface area contributed by atoms with Gasteiger partial charge in [0.05, 0.1) is 0 Å². The van der Waals surface area contributed by atoms with Crippen molar-refractivity contribution in [1.82, 2.24) is 0 Å². The van der Waals surface area contributed by atoms with Crippen molar-refractivity contribution in [1.29, 1.82) is 0 Å². The molecule has 0 atom stereocenters. The zero-order valence-corrected chi connectivity index (χ0v) is 8.71. The molecule has 1 aromatic rings. The van der Waals surface area contributed by atoms with E-state index in [2.05, 4.69) is 30.8 Å². The maximum atomic E-state index is 3.82. The van der Waals surface area contributed by atoms with Crippen LogP contribution in [0.1, 0.15) is 49.1 Å². The van der Waals surface area contributed by atoms with E-state index in [1.807, 2.05) is 6.08 Å². The van der Waals surface area contributed by atoms with E-state index in [9.17, 15) is 0 Å². The van der Waals surface area contributed by atoms with Gasteiger partial charge >= 0.3 is 0 Å². The third-order valence-corrected chi connectivity index (χ3v) is 3.22. The summed E-state index contributed by atoms with van der Waals surface area (Å²) in [6.45, 7) is 3.82. The molecule has 74 valence electrons. The fourth-order valence-corrected chi connectivity index (χ4v) is 2.38. The van der Waals surface area contributed by atoms with E-state index in [0.29, 0.717) is 0 Å². The quantitative estimate of drug-likeness (QED) is 0.643. The van der Waals surface area contributed by atoms with Crippen molar-refractivity contribution >= 4 is 6.08 Å². The molecule has 0 N–H and O–H groups in total. The van der Waals surface area contributed by atoms with E-state index in [0.717, 1.165) is 5.92 Å². The van der Waals surface area contributed by atoms with Crippen molar-refractivity contribution in [2.45, 2.75) is 38.0 Å². The molecule has 2 rings (SSSR count). The maximum absolute atomic E-state index is 3.82. The largest absolute Gasteiger partial charge is 0.0985 e. The topological polar surface area (TPSA) is 0 Å². The van der Waals surface area contributed by atoms with Gasteiger partial charge in [-0.1, -0.05) is 56.2 Å². The van der Waals surface area contributed by atoms with Gasteiger partial charge in [-0.3, -0.25) is 0 Å². The highest BCUT2D eigenvalue weighted by Crippen LogP contribution is 2.32. The van der Waals surface area contributed by atoms with Gasteiger partial charge < -0.3 is 0 Å². The van der Waals surface area contributed by atoms with Crippen molar-refractivity contribution < 1.29 is 0 Å². The first kappa shape index (κ1) is 9.51. The fraction of sp³-hybridized carbons (Fsp3) is 0.429. The normalized spacial score (nSPS) is 18.0. The summed E-state index contributed by atoms with van der Waals surface area (Å²) in [6.07, 6.45) is 8.93. The smallest absolute Gasteiger partial charge is 0.0162 e. The summed E-state index contributed by atoms with van der Waals surface area (Å²) in [4.78, 5) is 0. The Kier molecular flexibility index (Phi) is 3.03. The Bertz CT molecular complexity index is 306. The molecule has 0 unspecified atom stereocenters. The molecule has 0 aromatic heterocycles. The van der Waals surface area contributed by atoms with Crippen LogP contribution in [0.25, 0.3) is 6.08 Å². The zero-order chi connectivity index (χ0) is 9.80. The highest BCUT2D eigenvalue weighted by atomic mass is 14.2. The molecular weight excluding hydrogens is 168 g/mol. The predicted molar refractivity (Wildman–Crippen MR) is 62.4 cm³/mol. The van der Waals surface area contributed by atoms with E-state index in [-0.39, 0.29) is 0 Å². The van der Waals surface area contributed by atoms with Crippen molar-refractivity contribution in [2.24, 2.45) is 0 Å². The molecule has 0 amide bonds. The van der Waals surface area contributed by atoms with Gasteiger partial charge in [0.2, 0.25) is 0 Å². The maximum Gasteiger partial charge on any atom is -0.0162 e. The summed E-state index contributed by atoms with van der Waals surface area (Å²) < 4.78 is 0. The molecule has 0 bridgehead atoms. The van der Waals surface area contributed by atoms with Crippen LogP contribution >= 0.6 is 0 Å². The molecule has 1 aliphatic rings. The van der Waals surface area contributed by atoms with Crippen LogP contribution < -0.4 is 0 Å². The molecule has 0 heterocycles. The number of benzene rings is 1. The minimum Gasteiger partial charge on any atom is -0.0985 e. The van der Waals surface area contributed by atoms with E-state index in [1.165, 1.54) is 43.2 Å². The fourth-order valence-electron chi connectivity index (χ4n) is 2.38. The SMILES string of the molecule is C=Cc1cccc(C2CCCCC2)c1. The molecule has 14 heavy (non-hydrogen) atoms. The first-order chi connectivity index (χ1) is 6.90. The molecule has 0 saturated heterocycles. The van der Waals surface area contributed by atoms with Gasteiger partial charge in [-0.15, -0.1) is 0 Å². The average Bonchev–Trinajstić information content (AvgIpc) is 2.30. The number of hydrogen-bond acceptors (Lipinski definition) is 0. The van der Waals surface area contributed by atoms with Gasteiger partial charge in [-0.05, 0) is 29.9 Å². The van der Waals surface area contributed by atoms with Gasteiger partial charge in [0.25, 0.3) is 0 Å². The molecule has 1 aromatic carbocycles. The third-order valence-electron chi connectivity index (χ3n) is 3.22. The lowest BCUT2D eigenvalue weighted by Gasteiger charge is -2.22. The zero-order valence-electron chi connectivity index (χ0n) is 8.71. The van der Waals surface area contributed by atoms with Crippen LogP contribution in [0.5, 0.6) is 0 Å². The van der Waals surface area contributed by atoms with Crippen LogP contribution in [0.4, 0.5) is 0 Å². The molecule has 0 nitrogen and oxygen atoms in total. The minimum absolute atomic E-state index is 0.809. The summed E-state index contributed by atoms with van der Waals surface area (Å²) in [5, 5.41) is 0. The first-order valence-corrected chi connectivity index (χ1v) is 5.62. The van der Waals surface area contributed by atoms with Crippen LogP contribution in [-0.2, 0) is 0 Å². The van der Waals surface area contributed by atoms with Crippen LogP contribution in [-0.4, -0.2) is 0 Å². The number of rotatable bonds is 2. The Hall–Kier alpha value is -1.04. The molecule has 1 saturated carbocycles. The van der Waals surface area contributed by atoms with Gasteiger partial charge in [-0.25, -0.2) is 0 Å². The minimum atomic E-state index is 0.809. The summed E-state index contributed by atoms with van der Waals surface area (Å²) in [5.74, 6) is 0.809. The van der Waals surface area contributed by atoms with E-state index < -0.39 is 0 Å². The Morgan fingerprint density at radius 3 is 2.64 bits per heavy atom. The Morgan fingerprint density at radius 1 is 1.14 bits per heavy atom. The van der Waals surface area contributed by atoms with Gasteiger partial charge in [0.15, 0.2) is 0 Å². The van der Waals surface area contributed by atoms with Gasteiger partial charge in [0.1, 0.15) is 0 Å². The molecule has 1 fully saturated rings. The van der Waals surface area contributed by atoms with Crippen LogP contribution in [0, 0.1) is 0 Å².